The van der Waals surface area contributed by atoms with Crippen molar-refractivity contribution in [1.29, 1.82) is 0 Å². The average Bonchev–Trinajstić information content (AvgIpc) is 3.08. The molecule has 0 saturated heterocycles. The topological polar surface area (TPSA) is 81.4 Å². The number of carboxylic acid groups (broad SMARTS) is 1. The van der Waals surface area contributed by atoms with E-state index in [1.807, 2.05) is 42.5 Å². The van der Waals surface area contributed by atoms with Crippen molar-refractivity contribution in [3.05, 3.63) is 95.4 Å². The molecule has 0 bridgehead atoms. The molecule has 29 heavy (non-hydrogen) atoms. The zero-order valence-electron chi connectivity index (χ0n) is 15.7. The van der Waals surface area contributed by atoms with Gasteiger partial charge in [-0.15, -0.1) is 0 Å². The molecule has 0 aliphatic heterocycles. The number of ether oxygens (including phenoxy) is 1. The molecule has 6 nitrogen and oxygen atoms in total. The van der Waals surface area contributed by atoms with E-state index >= 15 is 0 Å². The number of rotatable bonds is 6. The molecule has 0 atom stereocenters. The summed E-state index contributed by atoms with van der Waals surface area (Å²) in [6.07, 6.45) is 2.92. The summed E-state index contributed by atoms with van der Waals surface area (Å²) >= 11 is 0. The highest BCUT2D eigenvalue weighted by Gasteiger charge is 2.29. The van der Waals surface area contributed by atoms with Crippen LogP contribution < -0.4 is 4.74 Å². The number of hydrogen-bond donors (Lipinski definition) is 1. The molecule has 0 aliphatic rings. The van der Waals surface area contributed by atoms with Crippen molar-refractivity contribution in [2.45, 2.75) is 6.54 Å². The summed E-state index contributed by atoms with van der Waals surface area (Å²) < 4.78 is 6.96. The van der Waals surface area contributed by atoms with Gasteiger partial charge in [-0.2, -0.15) is 0 Å². The van der Waals surface area contributed by atoms with Crippen molar-refractivity contribution in [3.8, 4) is 5.75 Å². The molecule has 0 aliphatic carbocycles. The number of para-hydroxylation sites is 1. The van der Waals surface area contributed by atoms with E-state index in [0.29, 0.717) is 23.2 Å². The zero-order chi connectivity index (χ0) is 20.4. The summed E-state index contributed by atoms with van der Waals surface area (Å²) in [5.74, 6) is -1.25. The van der Waals surface area contributed by atoms with Gasteiger partial charge in [0, 0.05) is 29.8 Å². The quantitative estimate of drug-likeness (QED) is 0.506. The maximum absolute atomic E-state index is 13.4. The van der Waals surface area contributed by atoms with E-state index in [0.717, 1.165) is 5.56 Å². The van der Waals surface area contributed by atoms with Crippen molar-refractivity contribution in [2.75, 3.05) is 7.11 Å². The number of aromatic nitrogens is 2. The van der Waals surface area contributed by atoms with Crippen molar-refractivity contribution in [2.24, 2.45) is 0 Å². The van der Waals surface area contributed by atoms with E-state index in [-0.39, 0.29) is 16.8 Å². The largest absolute Gasteiger partial charge is 0.496 e. The number of pyridine rings is 1. The summed E-state index contributed by atoms with van der Waals surface area (Å²) in [7, 11) is 1.46. The number of aromatic carboxylic acids is 1. The highest BCUT2D eigenvalue weighted by molar-refractivity contribution is 6.22. The number of hydrogen-bond acceptors (Lipinski definition) is 4. The van der Waals surface area contributed by atoms with E-state index in [1.165, 1.54) is 19.5 Å². The Bertz CT molecular complexity index is 1210. The van der Waals surface area contributed by atoms with Crippen LogP contribution in [-0.4, -0.2) is 33.5 Å². The number of carbonyl (C=O) groups is 2. The van der Waals surface area contributed by atoms with Crippen LogP contribution in [0.15, 0.2) is 73.1 Å². The second kappa shape index (κ2) is 7.59. The van der Waals surface area contributed by atoms with Crippen LogP contribution in [0.2, 0.25) is 0 Å². The highest BCUT2D eigenvalue weighted by Crippen LogP contribution is 2.31. The molecule has 0 radical (unpaired) electrons. The first-order chi connectivity index (χ1) is 14.1. The van der Waals surface area contributed by atoms with E-state index < -0.39 is 11.8 Å². The van der Waals surface area contributed by atoms with Crippen LogP contribution in [-0.2, 0) is 6.54 Å². The third-order valence-electron chi connectivity index (χ3n) is 4.83. The standard InChI is InChI=1S/C23H18N2O4/c1-29-19-11-12-24-13-17(19)22(26)20-16-9-5-6-10-18(16)25(21(20)23(27)28)14-15-7-3-2-4-8-15/h2-13H,14H2,1H3,(H,27,28). The fraction of sp³-hybridized carbons (Fsp3) is 0.0870. The van der Waals surface area contributed by atoms with Gasteiger partial charge in [0.15, 0.2) is 0 Å². The van der Waals surface area contributed by atoms with E-state index in [4.69, 9.17) is 4.74 Å². The Kier molecular flexibility index (Phi) is 4.83. The highest BCUT2D eigenvalue weighted by atomic mass is 16.5. The molecular formula is C23H18N2O4. The summed E-state index contributed by atoms with van der Waals surface area (Å²) in [6, 6.07) is 18.3. The van der Waals surface area contributed by atoms with Crippen molar-refractivity contribution in [1.82, 2.24) is 9.55 Å². The van der Waals surface area contributed by atoms with Gasteiger partial charge in [0.05, 0.1) is 18.2 Å². The fourth-order valence-corrected chi connectivity index (χ4v) is 3.55. The first-order valence-corrected chi connectivity index (χ1v) is 9.03. The number of benzene rings is 2. The number of carbonyl (C=O) groups excluding carboxylic acids is 1. The molecule has 0 saturated carbocycles. The minimum atomic E-state index is -1.16. The molecule has 2 aromatic heterocycles. The van der Waals surface area contributed by atoms with Crippen LogP contribution >= 0.6 is 0 Å². The van der Waals surface area contributed by atoms with Crippen LogP contribution in [0.5, 0.6) is 5.75 Å². The van der Waals surface area contributed by atoms with Gasteiger partial charge in [0.25, 0.3) is 0 Å². The smallest absolute Gasteiger partial charge is 0.353 e. The Morgan fingerprint density at radius 1 is 1.03 bits per heavy atom. The Balaban J connectivity index is 1.98. The molecular weight excluding hydrogens is 368 g/mol. The SMILES string of the molecule is COc1ccncc1C(=O)c1c(C(=O)O)n(Cc2ccccc2)c2ccccc12. The predicted octanol–water partition coefficient (Wildman–Crippen LogP) is 4.02. The van der Waals surface area contributed by atoms with Gasteiger partial charge in [-0.25, -0.2) is 4.79 Å². The Labute approximate surface area is 167 Å². The van der Waals surface area contributed by atoms with Gasteiger partial charge < -0.3 is 14.4 Å². The zero-order valence-corrected chi connectivity index (χ0v) is 15.7. The van der Waals surface area contributed by atoms with E-state index in [2.05, 4.69) is 4.98 Å². The number of nitrogens with zero attached hydrogens (tertiary/aromatic N) is 2. The Morgan fingerprint density at radius 3 is 2.48 bits per heavy atom. The lowest BCUT2D eigenvalue weighted by Gasteiger charge is -2.10. The molecule has 6 heteroatoms. The van der Waals surface area contributed by atoms with Crippen LogP contribution in [0.25, 0.3) is 10.9 Å². The summed E-state index contributed by atoms with van der Waals surface area (Å²) in [5.41, 5.74) is 1.93. The Hall–Kier alpha value is -3.93. The van der Waals surface area contributed by atoms with Crippen LogP contribution in [0.1, 0.15) is 32.0 Å². The molecule has 2 heterocycles. The van der Waals surface area contributed by atoms with Gasteiger partial charge in [0.1, 0.15) is 11.4 Å². The van der Waals surface area contributed by atoms with Gasteiger partial charge in [-0.3, -0.25) is 9.78 Å². The number of ketones is 1. The lowest BCUT2D eigenvalue weighted by atomic mass is 10.0. The average molecular weight is 386 g/mol. The second-order valence-electron chi connectivity index (χ2n) is 6.52. The van der Waals surface area contributed by atoms with Crippen molar-refractivity contribution < 1.29 is 19.4 Å². The number of methoxy groups -OCH3 is 1. The molecule has 0 unspecified atom stereocenters. The second-order valence-corrected chi connectivity index (χ2v) is 6.52. The lowest BCUT2D eigenvalue weighted by Crippen LogP contribution is -2.15. The van der Waals surface area contributed by atoms with Gasteiger partial charge in [0.2, 0.25) is 5.78 Å². The molecule has 4 rings (SSSR count). The number of carboxylic acids is 1. The predicted molar refractivity (Wildman–Crippen MR) is 109 cm³/mol. The van der Waals surface area contributed by atoms with Crippen molar-refractivity contribution >= 4 is 22.7 Å². The minimum Gasteiger partial charge on any atom is -0.496 e. The molecule has 2 aromatic carbocycles. The molecule has 4 aromatic rings. The molecule has 0 amide bonds. The Morgan fingerprint density at radius 2 is 1.76 bits per heavy atom. The molecule has 144 valence electrons. The normalized spacial score (nSPS) is 10.8. The minimum absolute atomic E-state index is 0.0500. The number of fused-ring (bicyclic) bond motifs is 1. The molecule has 1 N–H and O–H groups in total. The molecule has 0 fully saturated rings. The first kappa shape index (κ1) is 18.4. The van der Waals surface area contributed by atoms with Gasteiger partial charge in [-0.05, 0) is 17.7 Å². The summed E-state index contributed by atoms with van der Waals surface area (Å²) in [5, 5.41) is 10.6. The van der Waals surface area contributed by atoms with Gasteiger partial charge >= 0.3 is 5.97 Å². The third-order valence-corrected chi connectivity index (χ3v) is 4.83. The van der Waals surface area contributed by atoms with Crippen molar-refractivity contribution in [3.63, 3.8) is 0 Å². The van der Waals surface area contributed by atoms with Crippen LogP contribution in [0.4, 0.5) is 0 Å². The summed E-state index contributed by atoms with van der Waals surface area (Å²) in [6.45, 7) is 0.334. The maximum atomic E-state index is 13.4. The molecule has 0 spiro atoms. The van der Waals surface area contributed by atoms with E-state index in [1.54, 1.807) is 22.8 Å². The van der Waals surface area contributed by atoms with Gasteiger partial charge in [-0.1, -0.05) is 48.5 Å². The monoisotopic (exact) mass is 386 g/mol. The first-order valence-electron chi connectivity index (χ1n) is 9.03. The maximum Gasteiger partial charge on any atom is 0.353 e. The van der Waals surface area contributed by atoms with Crippen LogP contribution in [0, 0.1) is 0 Å². The fourth-order valence-electron chi connectivity index (χ4n) is 3.55. The third kappa shape index (κ3) is 3.25. The lowest BCUT2D eigenvalue weighted by molar-refractivity contribution is 0.0682. The van der Waals surface area contributed by atoms with Crippen LogP contribution in [0.3, 0.4) is 0 Å². The van der Waals surface area contributed by atoms with E-state index in [9.17, 15) is 14.7 Å². The summed E-state index contributed by atoms with van der Waals surface area (Å²) in [4.78, 5) is 29.7.